The number of nitrogens with one attached hydrogen (secondary N) is 1. The van der Waals surface area contributed by atoms with Crippen LogP contribution in [0, 0.1) is 13.8 Å². The Labute approximate surface area is 142 Å². The van der Waals surface area contributed by atoms with Gasteiger partial charge in [-0.1, -0.05) is 12.1 Å². The molecule has 0 atom stereocenters. The molecule has 1 aliphatic heterocycles. The second kappa shape index (κ2) is 6.88. The highest BCUT2D eigenvalue weighted by atomic mass is 32.2. The number of aromatic nitrogens is 1. The van der Waals surface area contributed by atoms with E-state index < -0.39 is 10.0 Å². The molecule has 2 aromatic rings. The van der Waals surface area contributed by atoms with E-state index in [1.165, 1.54) is 10.5 Å². The third-order valence-corrected chi connectivity index (χ3v) is 5.88. The van der Waals surface area contributed by atoms with Crippen LogP contribution in [0.3, 0.4) is 0 Å². The van der Waals surface area contributed by atoms with Crippen LogP contribution in [0.2, 0.25) is 0 Å². The molecule has 2 heterocycles. The first kappa shape index (κ1) is 16.9. The second-order valence-corrected chi connectivity index (χ2v) is 7.78. The Kier molecular flexibility index (Phi) is 4.84. The van der Waals surface area contributed by atoms with Crippen molar-refractivity contribution >= 4 is 21.5 Å². The molecular formula is C17H21N3O3S. The SMILES string of the molecule is Cc1ccc(C)c(Nc2ccc(S(=O)(=O)N3CCOCC3)cn2)c1. The first-order chi connectivity index (χ1) is 11.5. The Hall–Kier alpha value is -1.96. The van der Waals surface area contributed by atoms with Gasteiger partial charge in [0.2, 0.25) is 10.0 Å². The molecule has 3 rings (SSSR count). The Morgan fingerprint density at radius 2 is 1.88 bits per heavy atom. The monoisotopic (exact) mass is 347 g/mol. The summed E-state index contributed by atoms with van der Waals surface area (Å²) < 4.78 is 31.8. The van der Waals surface area contributed by atoms with Gasteiger partial charge in [-0.3, -0.25) is 0 Å². The maximum atomic E-state index is 12.6. The number of ether oxygens (including phenoxy) is 1. The van der Waals surface area contributed by atoms with Crippen LogP contribution in [0.4, 0.5) is 11.5 Å². The Morgan fingerprint density at radius 1 is 1.12 bits per heavy atom. The smallest absolute Gasteiger partial charge is 0.244 e. The number of morpholine rings is 1. The largest absolute Gasteiger partial charge is 0.379 e. The molecule has 0 aliphatic carbocycles. The van der Waals surface area contributed by atoms with Crippen LogP contribution in [0.5, 0.6) is 0 Å². The van der Waals surface area contributed by atoms with E-state index in [2.05, 4.69) is 10.3 Å². The second-order valence-electron chi connectivity index (χ2n) is 5.84. The van der Waals surface area contributed by atoms with E-state index in [1.54, 1.807) is 12.1 Å². The number of pyridine rings is 1. The van der Waals surface area contributed by atoms with Gasteiger partial charge >= 0.3 is 0 Å². The minimum absolute atomic E-state index is 0.205. The maximum absolute atomic E-state index is 12.6. The first-order valence-electron chi connectivity index (χ1n) is 7.85. The summed E-state index contributed by atoms with van der Waals surface area (Å²) in [5.41, 5.74) is 3.22. The zero-order valence-electron chi connectivity index (χ0n) is 13.8. The quantitative estimate of drug-likeness (QED) is 0.920. The van der Waals surface area contributed by atoms with Crippen molar-refractivity contribution in [2.24, 2.45) is 0 Å². The summed E-state index contributed by atoms with van der Waals surface area (Å²) in [5.74, 6) is 0.615. The van der Waals surface area contributed by atoms with Crippen molar-refractivity contribution < 1.29 is 13.2 Å². The standard InChI is InChI=1S/C17H21N3O3S/c1-13-3-4-14(2)16(11-13)19-17-6-5-15(12-18-17)24(21,22)20-7-9-23-10-8-20/h3-6,11-12H,7-10H2,1-2H3,(H,18,19). The summed E-state index contributed by atoms with van der Waals surface area (Å²) in [6.07, 6.45) is 1.40. The fourth-order valence-electron chi connectivity index (χ4n) is 2.55. The summed E-state index contributed by atoms with van der Waals surface area (Å²) >= 11 is 0. The van der Waals surface area contributed by atoms with E-state index in [-0.39, 0.29) is 4.90 Å². The van der Waals surface area contributed by atoms with Crippen LogP contribution in [-0.2, 0) is 14.8 Å². The third kappa shape index (κ3) is 3.58. The van der Waals surface area contributed by atoms with E-state index in [4.69, 9.17) is 4.74 Å². The fourth-order valence-corrected chi connectivity index (χ4v) is 3.91. The summed E-state index contributed by atoms with van der Waals surface area (Å²) in [6.45, 7) is 5.66. The van der Waals surface area contributed by atoms with Crippen molar-refractivity contribution in [2.45, 2.75) is 18.7 Å². The van der Waals surface area contributed by atoms with Gasteiger partial charge in [0.15, 0.2) is 0 Å². The van der Waals surface area contributed by atoms with Crippen molar-refractivity contribution in [1.29, 1.82) is 0 Å². The van der Waals surface area contributed by atoms with Gasteiger partial charge in [-0.05, 0) is 43.2 Å². The lowest BCUT2D eigenvalue weighted by Gasteiger charge is -2.25. The van der Waals surface area contributed by atoms with Gasteiger partial charge in [-0.25, -0.2) is 13.4 Å². The van der Waals surface area contributed by atoms with E-state index >= 15 is 0 Å². The lowest BCUT2D eigenvalue weighted by atomic mass is 10.1. The van der Waals surface area contributed by atoms with Gasteiger partial charge in [0.1, 0.15) is 10.7 Å². The van der Waals surface area contributed by atoms with Crippen LogP contribution >= 0.6 is 0 Å². The number of anilines is 2. The molecule has 1 aromatic carbocycles. The van der Waals surface area contributed by atoms with Crippen LogP contribution in [0.25, 0.3) is 0 Å². The molecule has 6 nitrogen and oxygen atoms in total. The maximum Gasteiger partial charge on any atom is 0.244 e. The van der Waals surface area contributed by atoms with Crippen molar-refractivity contribution in [2.75, 3.05) is 31.6 Å². The summed E-state index contributed by atoms with van der Waals surface area (Å²) in [7, 11) is -3.50. The Morgan fingerprint density at radius 3 is 2.54 bits per heavy atom. The average Bonchev–Trinajstić information content (AvgIpc) is 2.59. The molecule has 1 aromatic heterocycles. The van der Waals surface area contributed by atoms with E-state index in [0.29, 0.717) is 32.1 Å². The zero-order chi connectivity index (χ0) is 17.2. The third-order valence-electron chi connectivity index (χ3n) is 4.00. The van der Waals surface area contributed by atoms with Gasteiger partial charge in [-0.15, -0.1) is 0 Å². The fraction of sp³-hybridized carbons (Fsp3) is 0.353. The number of hydrogen-bond acceptors (Lipinski definition) is 5. The summed E-state index contributed by atoms with van der Waals surface area (Å²) in [6, 6.07) is 9.40. The molecule has 1 N–H and O–H groups in total. The highest BCUT2D eigenvalue weighted by molar-refractivity contribution is 7.89. The summed E-state index contributed by atoms with van der Waals surface area (Å²) in [4.78, 5) is 4.46. The molecule has 1 fully saturated rings. The molecule has 1 saturated heterocycles. The average molecular weight is 347 g/mol. The topological polar surface area (TPSA) is 71.5 Å². The number of sulfonamides is 1. The highest BCUT2D eigenvalue weighted by Gasteiger charge is 2.26. The lowest BCUT2D eigenvalue weighted by Crippen LogP contribution is -2.40. The van der Waals surface area contributed by atoms with Crippen molar-refractivity contribution in [1.82, 2.24) is 9.29 Å². The molecule has 0 unspecified atom stereocenters. The minimum atomic E-state index is -3.50. The van der Waals surface area contributed by atoms with Gasteiger partial charge in [-0.2, -0.15) is 4.31 Å². The van der Waals surface area contributed by atoms with Gasteiger partial charge in [0.25, 0.3) is 0 Å². The lowest BCUT2D eigenvalue weighted by molar-refractivity contribution is 0.0730. The molecule has 128 valence electrons. The number of benzene rings is 1. The highest BCUT2D eigenvalue weighted by Crippen LogP contribution is 2.22. The van der Waals surface area contributed by atoms with Crippen LogP contribution < -0.4 is 5.32 Å². The first-order valence-corrected chi connectivity index (χ1v) is 9.29. The molecule has 0 amide bonds. The molecule has 1 aliphatic rings. The zero-order valence-corrected chi connectivity index (χ0v) is 14.6. The van der Waals surface area contributed by atoms with Gasteiger partial charge in [0, 0.05) is 25.0 Å². The Bertz CT molecular complexity index is 813. The number of rotatable bonds is 4. The van der Waals surface area contributed by atoms with Crippen molar-refractivity contribution in [3.63, 3.8) is 0 Å². The Balaban J connectivity index is 1.79. The van der Waals surface area contributed by atoms with Gasteiger partial charge in [0.05, 0.1) is 13.2 Å². The van der Waals surface area contributed by atoms with E-state index in [1.807, 2.05) is 32.0 Å². The molecular weight excluding hydrogens is 326 g/mol. The van der Waals surface area contributed by atoms with Crippen molar-refractivity contribution in [3.8, 4) is 0 Å². The predicted octanol–water partition coefficient (Wildman–Crippen LogP) is 2.46. The van der Waals surface area contributed by atoms with Crippen LogP contribution in [0.15, 0.2) is 41.4 Å². The number of nitrogens with zero attached hydrogens (tertiary/aromatic N) is 2. The van der Waals surface area contributed by atoms with Crippen LogP contribution in [-0.4, -0.2) is 44.0 Å². The molecule has 24 heavy (non-hydrogen) atoms. The molecule has 0 radical (unpaired) electrons. The predicted molar refractivity (Wildman–Crippen MR) is 93.0 cm³/mol. The van der Waals surface area contributed by atoms with E-state index in [9.17, 15) is 8.42 Å². The summed E-state index contributed by atoms with van der Waals surface area (Å²) in [5, 5.41) is 3.23. The molecule has 0 bridgehead atoms. The minimum Gasteiger partial charge on any atom is -0.379 e. The number of aryl methyl sites for hydroxylation is 2. The molecule has 0 saturated carbocycles. The van der Waals surface area contributed by atoms with Crippen LogP contribution in [0.1, 0.15) is 11.1 Å². The van der Waals surface area contributed by atoms with E-state index in [0.717, 1.165) is 16.8 Å². The van der Waals surface area contributed by atoms with Crippen molar-refractivity contribution in [3.05, 3.63) is 47.7 Å². The number of hydrogen-bond donors (Lipinski definition) is 1. The normalized spacial score (nSPS) is 16.1. The molecule has 0 spiro atoms. The molecule has 7 heteroatoms. The van der Waals surface area contributed by atoms with Gasteiger partial charge < -0.3 is 10.1 Å².